The molecule has 2 aliphatic rings. The van der Waals surface area contributed by atoms with Gasteiger partial charge in [0.1, 0.15) is 6.07 Å². The first-order chi connectivity index (χ1) is 14.1. The third-order valence-electron chi connectivity index (χ3n) is 5.97. The van der Waals surface area contributed by atoms with Gasteiger partial charge in [-0.25, -0.2) is 0 Å². The van der Waals surface area contributed by atoms with Crippen LogP contribution in [0.2, 0.25) is 0 Å². The largest absolute Gasteiger partial charge is 0.369 e. The number of benzene rings is 1. The van der Waals surface area contributed by atoms with Crippen LogP contribution in [0.5, 0.6) is 0 Å². The van der Waals surface area contributed by atoms with Crippen LogP contribution in [0, 0.1) is 17.2 Å². The van der Waals surface area contributed by atoms with Crippen LogP contribution in [0.25, 0.3) is 10.9 Å². The number of hydrogen-bond acceptors (Lipinski definition) is 5. The Morgan fingerprint density at radius 2 is 2.14 bits per heavy atom. The monoisotopic (exact) mass is 387 g/mol. The quantitative estimate of drug-likeness (QED) is 0.864. The predicted octanol–water partition coefficient (Wildman–Crippen LogP) is 3.81. The zero-order valence-corrected chi connectivity index (χ0v) is 17.2. The van der Waals surface area contributed by atoms with Gasteiger partial charge in [0.05, 0.1) is 11.1 Å². The maximum atomic E-state index is 9.46. The fourth-order valence-electron chi connectivity index (χ4n) is 4.78. The minimum absolute atomic E-state index is 0.171. The Morgan fingerprint density at radius 1 is 1.28 bits per heavy atom. The van der Waals surface area contributed by atoms with E-state index in [1.165, 1.54) is 5.69 Å². The SMILES string of the molecule is C[C@H]1C[C@@H](N2C=CC=CC2C[C@H](C)N)CN(c2ccc(C#N)c3ncccc23)C1. The topological polar surface area (TPSA) is 69.2 Å². The maximum Gasteiger partial charge on any atom is 0.101 e. The molecule has 3 heterocycles. The van der Waals surface area contributed by atoms with Gasteiger partial charge in [-0.1, -0.05) is 19.1 Å². The molecule has 5 nitrogen and oxygen atoms in total. The Kier molecular flexibility index (Phi) is 5.55. The van der Waals surface area contributed by atoms with Gasteiger partial charge in [0.2, 0.25) is 0 Å². The number of hydrogen-bond donors (Lipinski definition) is 1. The summed E-state index contributed by atoms with van der Waals surface area (Å²) >= 11 is 0. The highest BCUT2D eigenvalue weighted by molar-refractivity contribution is 5.95. The molecule has 150 valence electrons. The second kappa shape index (κ2) is 8.26. The second-order valence-corrected chi connectivity index (χ2v) is 8.50. The van der Waals surface area contributed by atoms with Crippen molar-refractivity contribution in [2.45, 2.75) is 44.8 Å². The zero-order chi connectivity index (χ0) is 20.4. The molecule has 0 amide bonds. The molecule has 0 saturated carbocycles. The van der Waals surface area contributed by atoms with Crippen LogP contribution < -0.4 is 10.6 Å². The van der Waals surface area contributed by atoms with Crippen molar-refractivity contribution in [2.75, 3.05) is 18.0 Å². The molecule has 2 aliphatic heterocycles. The molecule has 29 heavy (non-hydrogen) atoms. The van der Waals surface area contributed by atoms with Crippen LogP contribution >= 0.6 is 0 Å². The summed E-state index contributed by atoms with van der Waals surface area (Å²) in [5, 5.41) is 10.5. The first-order valence-electron chi connectivity index (χ1n) is 10.5. The van der Waals surface area contributed by atoms with Crippen molar-refractivity contribution in [1.29, 1.82) is 5.26 Å². The average molecular weight is 388 g/mol. The average Bonchev–Trinajstić information content (AvgIpc) is 2.72. The van der Waals surface area contributed by atoms with Gasteiger partial charge in [0.25, 0.3) is 0 Å². The number of anilines is 1. The van der Waals surface area contributed by atoms with Crippen LogP contribution in [0.15, 0.2) is 54.9 Å². The zero-order valence-electron chi connectivity index (χ0n) is 17.2. The summed E-state index contributed by atoms with van der Waals surface area (Å²) in [5.74, 6) is 0.575. The first kappa shape index (κ1) is 19.5. The van der Waals surface area contributed by atoms with Gasteiger partial charge in [0, 0.05) is 48.5 Å². The van der Waals surface area contributed by atoms with Crippen LogP contribution in [-0.2, 0) is 0 Å². The van der Waals surface area contributed by atoms with E-state index >= 15 is 0 Å². The second-order valence-electron chi connectivity index (χ2n) is 8.50. The van der Waals surface area contributed by atoms with Crippen molar-refractivity contribution in [3.8, 4) is 6.07 Å². The minimum atomic E-state index is 0.171. The first-order valence-corrected chi connectivity index (χ1v) is 10.5. The number of nitrogens with zero attached hydrogens (tertiary/aromatic N) is 4. The number of aromatic nitrogens is 1. The number of piperidine rings is 1. The smallest absolute Gasteiger partial charge is 0.101 e. The summed E-state index contributed by atoms with van der Waals surface area (Å²) < 4.78 is 0. The summed E-state index contributed by atoms with van der Waals surface area (Å²) in [6.07, 6.45) is 12.6. The van der Waals surface area contributed by atoms with Gasteiger partial charge in [-0.3, -0.25) is 4.98 Å². The fourth-order valence-corrected chi connectivity index (χ4v) is 4.78. The molecule has 1 fully saturated rings. The third kappa shape index (κ3) is 3.99. The van der Waals surface area contributed by atoms with Gasteiger partial charge in [-0.05, 0) is 62.2 Å². The highest BCUT2D eigenvalue weighted by Crippen LogP contribution is 2.33. The third-order valence-corrected chi connectivity index (χ3v) is 5.97. The summed E-state index contributed by atoms with van der Waals surface area (Å²) in [6, 6.07) is 11.2. The molecule has 1 saturated heterocycles. The van der Waals surface area contributed by atoms with Crippen LogP contribution in [-0.4, -0.2) is 41.1 Å². The predicted molar refractivity (Wildman–Crippen MR) is 118 cm³/mol. The van der Waals surface area contributed by atoms with Gasteiger partial charge >= 0.3 is 0 Å². The van der Waals surface area contributed by atoms with Gasteiger partial charge in [0.15, 0.2) is 0 Å². The Hall–Kier alpha value is -2.84. The Morgan fingerprint density at radius 3 is 2.93 bits per heavy atom. The van der Waals surface area contributed by atoms with Crippen molar-refractivity contribution in [1.82, 2.24) is 9.88 Å². The van der Waals surface area contributed by atoms with E-state index in [0.29, 0.717) is 23.6 Å². The summed E-state index contributed by atoms with van der Waals surface area (Å²) in [6.45, 7) is 6.37. The molecule has 0 aliphatic carbocycles. The molecule has 1 unspecified atom stereocenters. The highest BCUT2D eigenvalue weighted by Gasteiger charge is 2.32. The molecule has 0 radical (unpaired) electrons. The Bertz CT molecular complexity index is 971. The highest BCUT2D eigenvalue weighted by atomic mass is 15.2. The number of fused-ring (bicyclic) bond motifs is 1. The van der Waals surface area contributed by atoms with Gasteiger partial charge < -0.3 is 15.5 Å². The van der Waals surface area contributed by atoms with Crippen LogP contribution in [0.1, 0.15) is 32.3 Å². The lowest BCUT2D eigenvalue weighted by Gasteiger charge is -2.46. The number of nitriles is 1. The number of allylic oxidation sites excluding steroid dienone is 2. The molecule has 2 N–H and O–H groups in total. The molecular weight excluding hydrogens is 358 g/mol. The summed E-state index contributed by atoms with van der Waals surface area (Å²) in [4.78, 5) is 9.45. The van der Waals surface area contributed by atoms with E-state index in [4.69, 9.17) is 5.73 Å². The van der Waals surface area contributed by atoms with Crippen molar-refractivity contribution in [3.63, 3.8) is 0 Å². The lowest BCUT2D eigenvalue weighted by Crippen LogP contribution is -2.52. The van der Waals surface area contributed by atoms with Crippen molar-refractivity contribution >= 4 is 16.6 Å². The molecule has 1 aromatic heterocycles. The number of rotatable bonds is 4. The molecule has 4 rings (SSSR count). The van der Waals surface area contributed by atoms with Gasteiger partial charge in [-0.2, -0.15) is 5.26 Å². The number of nitrogens with two attached hydrogens (primary N) is 1. The lowest BCUT2D eigenvalue weighted by molar-refractivity contribution is 0.175. The summed E-state index contributed by atoms with van der Waals surface area (Å²) in [5.41, 5.74) is 8.71. The van der Waals surface area contributed by atoms with Crippen LogP contribution in [0.4, 0.5) is 5.69 Å². The molecular formula is C24H29N5. The molecule has 2 aromatic rings. The molecule has 5 heteroatoms. The standard InChI is InChI=1S/C24H29N5/c1-17-12-21(29-11-4-3-6-20(29)13-18(2)26)16-28(15-17)23-9-8-19(14-25)24-22(23)7-5-10-27-24/h3-11,17-18,20-21H,12-13,15-16,26H2,1-2H3/t17-,18-,20?,21+/m0/s1. The Labute approximate surface area is 173 Å². The molecule has 1 aromatic carbocycles. The minimum Gasteiger partial charge on any atom is -0.369 e. The van der Waals surface area contributed by atoms with E-state index in [9.17, 15) is 5.26 Å². The van der Waals surface area contributed by atoms with Crippen LogP contribution in [0.3, 0.4) is 0 Å². The normalized spacial score (nSPS) is 25.2. The van der Waals surface area contributed by atoms with Crippen molar-refractivity contribution in [3.05, 3.63) is 60.5 Å². The van der Waals surface area contributed by atoms with E-state index in [1.54, 1.807) is 6.20 Å². The van der Waals surface area contributed by atoms with E-state index in [2.05, 4.69) is 71.3 Å². The van der Waals surface area contributed by atoms with E-state index in [0.717, 1.165) is 36.8 Å². The maximum absolute atomic E-state index is 9.46. The molecule has 4 atom stereocenters. The van der Waals surface area contributed by atoms with E-state index < -0.39 is 0 Å². The van der Waals surface area contributed by atoms with E-state index in [-0.39, 0.29) is 6.04 Å². The van der Waals surface area contributed by atoms with E-state index in [1.807, 2.05) is 12.1 Å². The number of pyridine rings is 1. The molecule has 0 bridgehead atoms. The van der Waals surface area contributed by atoms with Crippen molar-refractivity contribution in [2.24, 2.45) is 11.7 Å². The summed E-state index contributed by atoms with van der Waals surface area (Å²) in [7, 11) is 0. The van der Waals surface area contributed by atoms with Gasteiger partial charge in [-0.15, -0.1) is 0 Å². The molecule has 0 spiro atoms. The fraction of sp³-hybridized carbons (Fsp3) is 0.417. The lowest BCUT2D eigenvalue weighted by atomic mass is 9.91. The van der Waals surface area contributed by atoms with Crippen molar-refractivity contribution < 1.29 is 0 Å². The Balaban J connectivity index is 1.65.